The van der Waals surface area contributed by atoms with E-state index in [4.69, 9.17) is 9.47 Å². The van der Waals surface area contributed by atoms with Gasteiger partial charge < -0.3 is 19.9 Å². The maximum absolute atomic E-state index is 12.1. The maximum Gasteiger partial charge on any atom is 0.220 e. The van der Waals surface area contributed by atoms with E-state index in [-0.39, 0.29) is 11.5 Å². The van der Waals surface area contributed by atoms with E-state index in [2.05, 4.69) is 19.2 Å². The lowest BCUT2D eigenvalue weighted by Crippen LogP contribution is -2.34. The molecule has 6 nitrogen and oxygen atoms in total. The summed E-state index contributed by atoms with van der Waals surface area (Å²) in [7, 11) is 0. The van der Waals surface area contributed by atoms with Gasteiger partial charge in [0, 0.05) is 18.5 Å². The lowest BCUT2D eigenvalue weighted by molar-refractivity contribution is -0.121. The highest BCUT2D eigenvalue weighted by molar-refractivity contribution is 5.77. The summed E-state index contributed by atoms with van der Waals surface area (Å²) in [6.45, 7) is 13.2. The van der Waals surface area contributed by atoms with Crippen molar-refractivity contribution in [1.29, 1.82) is 0 Å². The summed E-state index contributed by atoms with van der Waals surface area (Å²) in [4.78, 5) is 23.3. The van der Waals surface area contributed by atoms with E-state index in [9.17, 15) is 14.7 Å². The summed E-state index contributed by atoms with van der Waals surface area (Å²) in [5.41, 5.74) is 0.599. The summed E-state index contributed by atoms with van der Waals surface area (Å²) >= 11 is 0. The molecule has 0 saturated heterocycles. The zero-order chi connectivity index (χ0) is 23.5. The van der Waals surface area contributed by atoms with Crippen LogP contribution in [-0.2, 0) is 16.0 Å². The molecule has 2 N–H and O–H groups in total. The van der Waals surface area contributed by atoms with Crippen LogP contribution in [0, 0.1) is 5.92 Å². The summed E-state index contributed by atoms with van der Waals surface area (Å²) in [5, 5.41) is 12.7. The second-order valence-corrected chi connectivity index (χ2v) is 9.80. The van der Waals surface area contributed by atoms with Gasteiger partial charge in [0.15, 0.2) is 0 Å². The molecule has 1 amide bonds. The average Bonchev–Trinajstić information content (AvgIpc) is 2.63. The fourth-order valence-corrected chi connectivity index (χ4v) is 3.07. The number of hydrogen-bond acceptors (Lipinski definition) is 5. The van der Waals surface area contributed by atoms with E-state index in [0.29, 0.717) is 56.9 Å². The van der Waals surface area contributed by atoms with Crippen molar-refractivity contribution in [3.63, 3.8) is 0 Å². The molecule has 0 atom stereocenters. The van der Waals surface area contributed by atoms with Crippen LogP contribution in [0.25, 0.3) is 0 Å². The molecule has 0 radical (unpaired) electrons. The van der Waals surface area contributed by atoms with E-state index in [1.807, 2.05) is 19.9 Å². The van der Waals surface area contributed by atoms with Crippen LogP contribution in [0.15, 0.2) is 18.2 Å². The summed E-state index contributed by atoms with van der Waals surface area (Å²) in [6.07, 6.45) is 3.98. The minimum Gasteiger partial charge on any atom is -0.494 e. The van der Waals surface area contributed by atoms with Crippen molar-refractivity contribution in [3.05, 3.63) is 29.3 Å². The molecule has 1 rings (SSSR count). The first kappa shape index (κ1) is 27.1. The Morgan fingerprint density at radius 2 is 1.87 bits per heavy atom. The van der Waals surface area contributed by atoms with Crippen LogP contribution in [-0.4, -0.2) is 48.3 Å². The molecule has 31 heavy (non-hydrogen) atoms. The highest BCUT2D eigenvalue weighted by atomic mass is 16.5. The van der Waals surface area contributed by atoms with Crippen molar-refractivity contribution in [2.45, 2.75) is 84.8 Å². The van der Waals surface area contributed by atoms with Crippen molar-refractivity contribution in [3.8, 4) is 5.75 Å². The molecule has 176 valence electrons. The minimum absolute atomic E-state index is 0.00677. The van der Waals surface area contributed by atoms with Crippen molar-refractivity contribution < 1.29 is 24.2 Å². The maximum atomic E-state index is 12.1. The minimum atomic E-state index is -0.737. The summed E-state index contributed by atoms with van der Waals surface area (Å²) in [5.74, 6) is 1.17. The molecule has 0 fully saturated rings. The normalized spacial score (nSPS) is 12.1. The Kier molecular flexibility index (Phi) is 11.2. The van der Waals surface area contributed by atoms with Crippen LogP contribution < -0.4 is 10.1 Å². The topological polar surface area (TPSA) is 84.9 Å². The molecule has 6 heteroatoms. The number of amides is 1. The number of hydrogen-bond donors (Lipinski definition) is 2. The van der Waals surface area contributed by atoms with Crippen molar-refractivity contribution in [1.82, 2.24) is 5.32 Å². The van der Waals surface area contributed by atoms with Gasteiger partial charge in [-0.15, -0.1) is 0 Å². The van der Waals surface area contributed by atoms with Gasteiger partial charge >= 0.3 is 0 Å². The zero-order valence-electron chi connectivity index (χ0n) is 20.1. The van der Waals surface area contributed by atoms with Gasteiger partial charge in [0.25, 0.3) is 0 Å². The molecular weight excluding hydrogens is 394 g/mol. The fourth-order valence-electron chi connectivity index (χ4n) is 3.07. The number of benzene rings is 1. The molecule has 0 aliphatic heterocycles. The number of ether oxygens (including phenoxy) is 2. The number of aldehydes is 1. The third-order valence-electron chi connectivity index (χ3n) is 4.94. The Labute approximate surface area is 187 Å². The van der Waals surface area contributed by atoms with Gasteiger partial charge in [0.1, 0.15) is 12.0 Å². The monoisotopic (exact) mass is 435 g/mol. The van der Waals surface area contributed by atoms with E-state index in [1.54, 1.807) is 26.0 Å². The van der Waals surface area contributed by atoms with Gasteiger partial charge in [-0.1, -0.05) is 13.8 Å². The second-order valence-electron chi connectivity index (χ2n) is 9.80. The number of carbonyl (C=O) groups is 2. The lowest BCUT2D eigenvalue weighted by atomic mass is 9.98. The van der Waals surface area contributed by atoms with Gasteiger partial charge in [0.2, 0.25) is 5.91 Å². The SMILES string of the molecule is CC(C)Cc1cc(OCCCC(=O)NCCC(C)(C)OCCC(C)(C)O)ccc1C=O. The summed E-state index contributed by atoms with van der Waals surface area (Å²) in [6, 6.07) is 5.51. The van der Waals surface area contributed by atoms with Crippen LogP contribution in [0.5, 0.6) is 5.75 Å². The van der Waals surface area contributed by atoms with E-state index >= 15 is 0 Å². The zero-order valence-corrected chi connectivity index (χ0v) is 20.1. The molecule has 0 aliphatic rings. The van der Waals surface area contributed by atoms with Crippen LogP contribution >= 0.6 is 0 Å². The van der Waals surface area contributed by atoms with Gasteiger partial charge in [0.05, 0.1) is 24.4 Å². The quantitative estimate of drug-likeness (QED) is 0.317. The Bertz CT molecular complexity index is 692. The van der Waals surface area contributed by atoms with Crippen LogP contribution in [0.1, 0.15) is 83.1 Å². The first-order valence-corrected chi connectivity index (χ1v) is 11.3. The molecule has 1 aromatic carbocycles. The Balaban J connectivity index is 2.28. The Hall–Kier alpha value is -1.92. The molecular formula is C25H41NO5. The lowest BCUT2D eigenvalue weighted by Gasteiger charge is -2.27. The number of nitrogens with one attached hydrogen (secondary N) is 1. The molecule has 0 spiro atoms. The molecule has 0 unspecified atom stereocenters. The first-order chi connectivity index (χ1) is 14.4. The van der Waals surface area contributed by atoms with Gasteiger partial charge in [-0.2, -0.15) is 0 Å². The van der Waals surface area contributed by atoms with Crippen LogP contribution in [0.2, 0.25) is 0 Å². The number of aliphatic hydroxyl groups is 1. The van der Waals surface area contributed by atoms with Gasteiger partial charge in [-0.05, 0) is 83.1 Å². The third-order valence-corrected chi connectivity index (χ3v) is 4.94. The summed E-state index contributed by atoms with van der Waals surface area (Å²) < 4.78 is 11.6. The highest BCUT2D eigenvalue weighted by Crippen LogP contribution is 2.20. The highest BCUT2D eigenvalue weighted by Gasteiger charge is 2.20. The predicted octanol–water partition coefficient (Wildman–Crippen LogP) is 4.32. The average molecular weight is 436 g/mol. The van der Waals surface area contributed by atoms with Crippen molar-refractivity contribution in [2.24, 2.45) is 5.92 Å². The van der Waals surface area contributed by atoms with Gasteiger partial charge in [-0.3, -0.25) is 9.59 Å². The molecule has 1 aromatic rings. The largest absolute Gasteiger partial charge is 0.494 e. The molecule has 0 bridgehead atoms. The number of rotatable bonds is 15. The van der Waals surface area contributed by atoms with E-state index < -0.39 is 5.60 Å². The molecule has 0 aliphatic carbocycles. The van der Waals surface area contributed by atoms with E-state index in [1.165, 1.54) is 0 Å². The van der Waals surface area contributed by atoms with Crippen LogP contribution in [0.3, 0.4) is 0 Å². The molecule has 0 saturated carbocycles. The van der Waals surface area contributed by atoms with Crippen LogP contribution in [0.4, 0.5) is 0 Å². The fraction of sp³-hybridized carbons (Fsp3) is 0.680. The number of carbonyl (C=O) groups excluding carboxylic acids is 2. The third kappa shape index (κ3) is 12.5. The molecule has 0 heterocycles. The first-order valence-electron chi connectivity index (χ1n) is 11.3. The van der Waals surface area contributed by atoms with E-state index in [0.717, 1.165) is 24.0 Å². The Morgan fingerprint density at radius 1 is 1.16 bits per heavy atom. The second kappa shape index (κ2) is 12.8. The Morgan fingerprint density at radius 3 is 2.48 bits per heavy atom. The van der Waals surface area contributed by atoms with Crippen molar-refractivity contribution in [2.75, 3.05) is 19.8 Å². The molecule has 0 aromatic heterocycles. The predicted molar refractivity (Wildman–Crippen MR) is 124 cm³/mol. The van der Waals surface area contributed by atoms with Gasteiger partial charge in [-0.25, -0.2) is 0 Å². The standard InChI is InChI=1S/C25H41NO5/c1-19(2)16-21-17-22(10-9-20(21)18-27)30-14-7-8-23(28)26-13-11-25(5,6)31-15-12-24(3,4)29/h9-10,17-19,29H,7-8,11-16H2,1-6H3,(H,26,28). The smallest absolute Gasteiger partial charge is 0.220 e. The van der Waals surface area contributed by atoms with Crippen molar-refractivity contribution >= 4 is 12.2 Å².